The van der Waals surface area contributed by atoms with Crippen molar-refractivity contribution in [1.82, 2.24) is 10.9 Å². The molecule has 0 fully saturated rings. The van der Waals surface area contributed by atoms with Crippen LogP contribution in [0.1, 0.15) is 60.8 Å². The predicted molar refractivity (Wildman–Crippen MR) is 196 cm³/mol. The minimum Gasteiger partial charge on any atom is -0.493 e. The van der Waals surface area contributed by atoms with E-state index in [1.807, 2.05) is 18.4 Å². The summed E-state index contributed by atoms with van der Waals surface area (Å²) in [5, 5.41) is 12.8. The van der Waals surface area contributed by atoms with Gasteiger partial charge in [-0.3, -0.25) is 34.8 Å². The molecule has 4 aromatic carbocycles. The van der Waals surface area contributed by atoms with E-state index in [0.717, 1.165) is 43.7 Å². The second-order valence-electron chi connectivity index (χ2n) is 11.8. The van der Waals surface area contributed by atoms with Crippen molar-refractivity contribution in [2.24, 2.45) is 0 Å². The summed E-state index contributed by atoms with van der Waals surface area (Å²) >= 11 is 0. The SMILES string of the molecule is COc1cc(C(=O)O[C@H](C(=O)NNC(=O)c2ccc(NC(=O)c3cccc(C)c3)cc2)[C@@H](OC(=O)c2ccc(OC(C)=O)c(OC)c2)C(=O)O)ccc1OC(C)=O. The maximum absolute atomic E-state index is 13.5. The monoisotopic (exact) mass is 785 g/mol. The highest BCUT2D eigenvalue weighted by molar-refractivity contribution is 6.05. The van der Waals surface area contributed by atoms with E-state index in [0.29, 0.717) is 11.3 Å². The first-order valence-electron chi connectivity index (χ1n) is 16.6. The maximum Gasteiger partial charge on any atom is 0.349 e. The molecule has 18 nitrogen and oxygen atoms in total. The molecule has 0 saturated carbocycles. The lowest BCUT2D eigenvalue weighted by molar-refractivity contribution is -0.159. The number of ether oxygens (including phenoxy) is 6. The number of esters is 4. The van der Waals surface area contributed by atoms with Gasteiger partial charge in [0.2, 0.25) is 12.2 Å². The van der Waals surface area contributed by atoms with E-state index in [1.165, 1.54) is 50.6 Å². The smallest absolute Gasteiger partial charge is 0.349 e. The Bertz CT molecular complexity index is 2220. The molecule has 2 atom stereocenters. The zero-order chi connectivity index (χ0) is 41.8. The molecule has 3 amide bonds. The van der Waals surface area contributed by atoms with Crippen molar-refractivity contribution in [1.29, 1.82) is 0 Å². The number of nitrogens with one attached hydrogen (secondary N) is 3. The van der Waals surface area contributed by atoms with Gasteiger partial charge in [0.15, 0.2) is 23.0 Å². The van der Waals surface area contributed by atoms with Gasteiger partial charge in [0.05, 0.1) is 25.3 Å². The average molecular weight is 786 g/mol. The number of carboxylic acids is 1. The largest absolute Gasteiger partial charge is 0.493 e. The Morgan fingerprint density at radius 1 is 0.561 bits per heavy atom. The number of carbonyl (C=O) groups excluding carboxylic acids is 7. The molecule has 296 valence electrons. The third-order valence-electron chi connectivity index (χ3n) is 7.54. The van der Waals surface area contributed by atoms with Crippen LogP contribution in [0.15, 0.2) is 84.9 Å². The Kier molecular flexibility index (Phi) is 14.0. The Balaban J connectivity index is 1.57. The number of anilines is 1. The summed E-state index contributed by atoms with van der Waals surface area (Å²) in [5.74, 6) is -9.14. The first-order chi connectivity index (χ1) is 27.1. The van der Waals surface area contributed by atoms with Crippen molar-refractivity contribution in [3.8, 4) is 23.0 Å². The Morgan fingerprint density at radius 2 is 1.07 bits per heavy atom. The lowest BCUT2D eigenvalue weighted by Crippen LogP contribution is -2.54. The molecule has 0 aromatic heterocycles. The third-order valence-corrected chi connectivity index (χ3v) is 7.54. The normalized spacial score (nSPS) is 11.4. The number of amides is 3. The molecule has 0 aliphatic rings. The molecule has 0 spiro atoms. The van der Waals surface area contributed by atoms with E-state index >= 15 is 0 Å². The number of hydrogen-bond donors (Lipinski definition) is 4. The fourth-order valence-electron chi connectivity index (χ4n) is 4.88. The van der Waals surface area contributed by atoms with Gasteiger partial charge in [-0.2, -0.15) is 0 Å². The predicted octanol–water partition coefficient (Wildman–Crippen LogP) is 3.41. The number of hydrogen-bond acceptors (Lipinski definition) is 14. The standard InChI is InChI=1S/C39H35N3O15/c1-20-7-6-8-24(17-20)34(45)40-27-13-9-23(10-14-27)35(46)41-42-36(47)32(56-38(50)25-11-15-28(54-21(2)43)30(18-25)52-4)33(37(48)49)57-39(51)26-12-16-29(55-22(3)44)31(19-26)53-5/h6-19,32-33H,1-5H3,(H,40,45)(H,41,46)(H,42,47)(H,48,49)/t32-,33+/m0/s1. The van der Waals surface area contributed by atoms with Crippen LogP contribution in [0.4, 0.5) is 5.69 Å². The highest BCUT2D eigenvalue weighted by Crippen LogP contribution is 2.30. The minimum absolute atomic E-state index is 0.0234. The minimum atomic E-state index is -2.53. The second-order valence-corrected chi connectivity index (χ2v) is 11.8. The fourth-order valence-corrected chi connectivity index (χ4v) is 4.88. The summed E-state index contributed by atoms with van der Waals surface area (Å²) in [4.78, 5) is 101. The molecule has 0 bridgehead atoms. The number of carbonyl (C=O) groups is 8. The van der Waals surface area contributed by atoms with Gasteiger partial charge in [0, 0.05) is 30.7 Å². The molecule has 57 heavy (non-hydrogen) atoms. The Labute approximate surface area is 323 Å². The molecule has 0 saturated heterocycles. The molecule has 0 aliphatic carbocycles. The summed E-state index contributed by atoms with van der Waals surface area (Å²) in [7, 11) is 2.41. The highest BCUT2D eigenvalue weighted by atomic mass is 16.6. The van der Waals surface area contributed by atoms with Gasteiger partial charge in [-0.05, 0) is 79.7 Å². The summed E-state index contributed by atoms with van der Waals surface area (Å²) < 4.78 is 30.7. The topological polar surface area (TPSA) is 248 Å². The number of carboxylic acid groups (broad SMARTS) is 1. The van der Waals surface area contributed by atoms with Gasteiger partial charge in [-0.15, -0.1) is 0 Å². The van der Waals surface area contributed by atoms with Crippen molar-refractivity contribution in [3.63, 3.8) is 0 Å². The van der Waals surface area contributed by atoms with E-state index in [2.05, 4.69) is 10.7 Å². The van der Waals surface area contributed by atoms with E-state index in [1.54, 1.807) is 18.2 Å². The molecule has 0 aliphatic heterocycles. The van der Waals surface area contributed by atoms with Crippen LogP contribution in [0.2, 0.25) is 0 Å². The zero-order valence-electron chi connectivity index (χ0n) is 30.9. The second kappa shape index (κ2) is 19.0. The van der Waals surface area contributed by atoms with Crippen LogP contribution >= 0.6 is 0 Å². The number of methoxy groups -OCH3 is 2. The van der Waals surface area contributed by atoms with E-state index < -0.39 is 59.8 Å². The lowest BCUT2D eigenvalue weighted by Gasteiger charge is -2.24. The summed E-state index contributed by atoms with van der Waals surface area (Å²) in [6.07, 6.45) is -4.99. The van der Waals surface area contributed by atoms with E-state index in [9.17, 15) is 43.5 Å². The highest BCUT2D eigenvalue weighted by Gasteiger charge is 2.41. The van der Waals surface area contributed by atoms with Crippen molar-refractivity contribution in [3.05, 3.63) is 113 Å². The van der Waals surface area contributed by atoms with Gasteiger partial charge in [0.1, 0.15) is 0 Å². The molecule has 18 heteroatoms. The molecule has 0 heterocycles. The van der Waals surface area contributed by atoms with Crippen LogP contribution in [-0.2, 0) is 28.7 Å². The van der Waals surface area contributed by atoms with Gasteiger partial charge in [-0.1, -0.05) is 17.7 Å². The summed E-state index contributed by atoms with van der Waals surface area (Å²) in [5.41, 5.74) is 5.00. The van der Waals surface area contributed by atoms with Crippen LogP contribution in [0.5, 0.6) is 23.0 Å². The molecule has 4 rings (SSSR count). The first-order valence-corrected chi connectivity index (χ1v) is 16.6. The van der Waals surface area contributed by atoms with Crippen LogP contribution in [-0.4, -0.2) is 79.1 Å². The lowest BCUT2D eigenvalue weighted by atomic mass is 10.1. The number of rotatable bonds is 14. The number of hydrazine groups is 1. The van der Waals surface area contributed by atoms with Gasteiger partial charge in [-0.25, -0.2) is 14.4 Å². The third kappa shape index (κ3) is 11.4. The zero-order valence-corrected chi connectivity index (χ0v) is 30.9. The van der Waals surface area contributed by atoms with Gasteiger partial charge < -0.3 is 38.8 Å². The molecule has 0 radical (unpaired) electrons. The molecule has 4 N–H and O–H groups in total. The van der Waals surface area contributed by atoms with Crippen molar-refractivity contribution >= 4 is 53.3 Å². The van der Waals surface area contributed by atoms with Crippen molar-refractivity contribution in [2.75, 3.05) is 19.5 Å². The van der Waals surface area contributed by atoms with Gasteiger partial charge >= 0.3 is 29.8 Å². The average Bonchev–Trinajstić information content (AvgIpc) is 3.17. The quantitative estimate of drug-likeness (QED) is 0.0813. The van der Waals surface area contributed by atoms with Crippen LogP contribution < -0.4 is 35.1 Å². The number of aliphatic carboxylic acids is 1. The molecular formula is C39H35N3O15. The maximum atomic E-state index is 13.5. The number of aryl methyl sites for hydroxylation is 1. The van der Waals surface area contributed by atoms with Crippen LogP contribution in [0.25, 0.3) is 0 Å². The Hall–Kier alpha value is -7.76. The van der Waals surface area contributed by atoms with Crippen LogP contribution in [0.3, 0.4) is 0 Å². The first kappa shape index (κ1) is 42.0. The Morgan fingerprint density at radius 3 is 1.54 bits per heavy atom. The van der Waals surface area contributed by atoms with Crippen molar-refractivity contribution in [2.45, 2.75) is 33.0 Å². The van der Waals surface area contributed by atoms with Crippen molar-refractivity contribution < 1.29 is 71.9 Å². The number of benzene rings is 4. The molecular weight excluding hydrogens is 750 g/mol. The van der Waals surface area contributed by atoms with E-state index in [-0.39, 0.29) is 39.7 Å². The van der Waals surface area contributed by atoms with Crippen LogP contribution in [0, 0.1) is 6.92 Å². The summed E-state index contributed by atoms with van der Waals surface area (Å²) in [6, 6.07) is 19.1. The summed E-state index contributed by atoms with van der Waals surface area (Å²) in [6.45, 7) is 4.09. The molecule has 0 unspecified atom stereocenters. The van der Waals surface area contributed by atoms with Gasteiger partial charge in [0.25, 0.3) is 17.7 Å². The van der Waals surface area contributed by atoms with E-state index in [4.69, 9.17) is 28.4 Å². The fraction of sp³-hybridized carbons (Fsp3) is 0.179. The molecule has 4 aromatic rings.